The van der Waals surface area contributed by atoms with E-state index >= 15 is 0 Å². The van der Waals surface area contributed by atoms with Gasteiger partial charge in [0.25, 0.3) is 0 Å². The molecule has 0 aliphatic carbocycles. The van der Waals surface area contributed by atoms with Gasteiger partial charge in [0.1, 0.15) is 0 Å². The Morgan fingerprint density at radius 2 is 2.22 bits per heavy atom. The van der Waals surface area contributed by atoms with Gasteiger partial charge in [0, 0.05) is 12.6 Å². The van der Waals surface area contributed by atoms with Gasteiger partial charge in [-0.2, -0.15) is 0 Å². The average Bonchev–Trinajstić information content (AvgIpc) is 2.85. The zero-order chi connectivity index (χ0) is 13.2. The van der Waals surface area contributed by atoms with E-state index in [1.165, 1.54) is 0 Å². The molecular formula is C12H22N4O2. The maximum absolute atomic E-state index is 5.56. The minimum atomic E-state index is -0.130. The maximum Gasteiger partial charge on any atom is 0.316 e. The van der Waals surface area contributed by atoms with Crippen molar-refractivity contribution in [1.29, 1.82) is 0 Å². The standard InChI is InChI=1S/C12H22N4O2/c1-8(2)13-7-10-15-16-11(18-10)14-12(4)5-6-17-9(12)3/h8-9,13H,5-7H2,1-4H3,(H,14,16). The molecule has 0 saturated carbocycles. The van der Waals surface area contributed by atoms with Crippen LogP contribution in [-0.4, -0.2) is 34.5 Å². The van der Waals surface area contributed by atoms with Gasteiger partial charge < -0.3 is 19.8 Å². The third-order valence-corrected chi connectivity index (χ3v) is 3.41. The maximum atomic E-state index is 5.56. The van der Waals surface area contributed by atoms with E-state index in [1.807, 2.05) is 0 Å². The van der Waals surface area contributed by atoms with Gasteiger partial charge in [-0.15, -0.1) is 5.10 Å². The van der Waals surface area contributed by atoms with Crippen molar-refractivity contribution < 1.29 is 9.15 Å². The first-order valence-electron chi connectivity index (χ1n) is 6.45. The van der Waals surface area contributed by atoms with E-state index < -0.39 is 0 Å². The van der Waals surface area contributed by atoms with Crippen molar-refractivity contribution in [3.63, 3.8) is 0 Å². The third kappa shape index (κ3) is 3.00. The van der Waals surface area contributed by atoms with Crippen LogP contribution in [0.4, 0.5) is 6.01 Å². The Balaban J connectivity index is 1.94. The topological polar surface area (TPSA) is 72.2 Å². The first-order chi connectivity index (χ1) is 8.49. The van der Waals surface area contributed by atoms with Crippen molar-refractivity contribution in [2.24, 2.45) is 0 Å². The largest absolute Gasteiger partial charge is 0.407 e. The van der Waals surface area contributed by atoms with Gasteiger partial charge in [-0.25, -0.2) is 0 Å². The fraction of sp³-hybridized carbons (Fsp3) is 0.833. The lowest BCUT2D eigenvalue weighted by Gasteiger charge is -2.27. The molecule has 1 saturated heterocycles. The highest BCUT2D eigenvalue weighted by Gasteiger charge is 2.38. The summed E-state index contributed by atoms with van der Waals surface area (Å²) in [4.78, 5) is 0. The SMILES string of the molecule is CC(C)NCc1nnc(NC2(C)CCOC2C)o1. The zero-order valence-electron chi connectivity index (χ0n) is 11.5. The normalized spacial score (nSPS) is 27.9. The molecule has 102 valence electrons. The smallest absolute Gasteiger partial charge is 0.316 e. The van der Waals surface area contributed by atoms with Gasteiger partial charge >= 0.3 is 6.01 Å². The summed E-state index contributed by atoms with van der Waals surface area (Å²) in [7, 11) is 0. The Morgan fingerprint density at radius 1 is 1.44 bits per heavy atom. The van der Waals surface area contributed by atoms with Crippen molar-refractivity contribution >= 4 is 6.01 Å². The van der Waals surface area contributed by atoms with Crippen molar-refractivity contribution in [1.82, 2.24) is 15.5 Å². The number of ether oxygens (including phenoxy) is 1. The van der Waals surface area contributed by atoms with Crippen LogP contribution in [0.15, 0.2) is 4.42 Å². The third-order valence-electron chi connectivity index (χ3n) is 3.41. The molecule has 0 spiro atoms. The Labute approximate surface area is 107 Å². The molecule has 0 bridgehead atoms. The van der Waals surface area contributed by atoms with Crippen LogP contribution < -0.4 is 10.6 Å². The lowest BCUT2D eigenvalue weighted by molar-refractivity contribution is 0.104. The molecule has 2 atom stereocenters. The van der Waals surface area contributed by atoms with Gasteiger partial charge in [0.05, 0.1) is 18.2 Å². The monoisotopic (exact) mass is 254 g/mol. The van der Waals surface area contributed by atoms with Gasteiger partial charge in [-0.1, -0.05) is 18.9 Å². The van der Waals surface area contributed by atoms with Gasteiger partial charge in [0.15, 0.2) is 0 Å². The van der Waals surface area contributed by atoms with E-state index in [0.717, 1.165) is 13.0 Å². The van der Waals surface area contributed by atoms with Crippen LogP contribution in [0.3, 0.4) is 0 Å². The van der Waals surface area contributed by atoms with Gasteiger partial charge in [-0.3, -0.25) is 0 Å². The van der Waals surface area contributed by atoms with Crippen LogP contribution in [0.5, 0.6) is 0 Å². The fourth-order valence-corrected chi connectivity index (χ4v) is 1.91. The lowest BCUT2D eigenvalue weighted by Crippen LogP contribution is -2.41. The minimum Gasteiger partial charge on any atom is -0.407 e. The quantitative estimate of drug-likeness (QED) is 0.830. The van der Waals surface area contributed by atoms with Crippen molar-refractivity contribution in [3.8, 4) is 0 Å². The Kier molecular flexibility index (Phi) is 3.87. The molecule has 1 aromatic heterocycles. The number of aromatic nitrogens is 2. The first-order valence-corrected chi connectivity index (χ1v) is 6.45. The van der Waals surface area contributed by atoms with Gasteiger partial charge in [0.2, 0.25) is 5.89 Å². The summed E-state index contributed by atoms with van der Waals surface area (Å²) in [5.41, 5.74) is -0.130. The molecule has 18 heavy (non-hydrogen) atoms. The van der Waals surface area contributed by atoms with E-state index in [4.69, 9.17) is 9.15 Å². The predicted molar refractivity (Wildman–Crippen MR) is 68.3 cm³/mol. The van der Waals surface area contributed by atoms with E-state index in [1.54, 1.807) is 0 Å². The highest BCUT2D eigenvalue weighted by Crippen LogP contribution is 2.28. The number of hydrogen-bond donors (Lipinski definition) is 2. The number of rotatable bonds is 5. The molecule has 1 aliphatic heterocycles. The van der Waals surface area contributed by atoms with E-state index in [9.17, 15) is 0 Å². The predicted octanol–water partition coefficient (Wildman–Crippen LogP) is 1.55. The summed E-state index contributed by atoms with van der Waals surface area (Å²) < 4.78 is 11.1. The highest BCUT2D eigenvalue weighted by molar-refractivity contribution is 5.25. The second kappa shape index (κ2) is 5.24. The molecular weight excluding hydrogens is 232 g/mol. The van der Waals surface area contributed by atoms with Crippen molar-refractivity contribution in [2.45, 2.75) is 58.3 Å². The van der Waals surface area contributed by atoms with Crippen LogP contribution in [0.25, 0.3) is 0 Å². The lowest BCUT2D eigenvalue weighted by atomic mass is 9.95. The molecule has 2 N–H and O–H groups in total. The number of hydrogen-bond acceptors (Lipinski definition) is 6. The molecule has 6 nitrogen and oxygen atoms in total. The number of nitrogens with zero attached hydrogens (tertiary/aromatic N) is 2. The Morgan fingerprint density at radius 3 is 2.83 bits per heavy atom. The fourth-order valence-electron chi connectivity index (χ4n) is 1.91. The molecule has 2 heterocycles. The Hall–Kier alpha value is -1.14. The molecule has 2 rings (SSSR count). The molecule has 0 amide bonds. The molecule has 1 aliphatic rings. The molecule has 1 fully saturated rings. The van der Waals surface area contributed by atoms with Crippen LogP contribution in [0.1, 0.15) is 40.0 Å². The summed E-state index contributed by atoms with van der Waals surface area (Å²) in [5, 5.41) is 14.5. The van der Waals surface area contributed by atoms with Crippen molar-refractivity contribution in [2.75, 3.05) is 11.9 Å². The minimum absolute atomic E-state index is 0.130. The van der Waals surface area contributed by atoms with Crippen LogP contribution in [0, 0.1) is 0 Å². The zero-order valence-corrected chi connectivity index (χ0v) is 11.5. The molecule has 2 unspecified atom stereocenters. The second-order valence-corrected chi connectivity index (χ2v) is 5.34. The van der Waals surface area contributed by atoms with E-state index in [-0.39, 0.29) is 11.6 Å². The van der Waals surface area contributed by atoms with Crippen LogP contribution in [-0.2, 0) is 11.3 Å². The molecule has 1 aromatic rings. The average molecular weight is 254 g/mol. The van der Waals surface area contributed by atoms with E-state index in [0.29, 0.717) is 24.5 Å². The van der Waals surface area contributed by atoms with E-state index in [2.05, 4.69) is 48.5 Å². The summed E-state index contributed by atoms with van der Waals surface area (Å²) in [6, 6.07) is 0.865. The van der Waals surface area contributed by atoms with Crippen molar-refractivity contribution in [3.05, 3.63) is 5.89 Å². The summed E-state index contributed by atoms with van der Waals surface area (Å²) in [5.74, 6) is 0.598. The highest BCUT2D eigenvalue weighted by atomic mass is 16.5. The summed E-state index contributed by atoms with van der Waals surface area (Å²) >= 11 is 0. The molecule has 0 aromatic carbocycles. The Bertz CT molecular complexity index is 393. The molecule has 0 radical (unpaired) electrons. The molecule has 6 heteroatoms. The number of nitrogens with one attached hydrogen (secondary N) is 2. The first kappa shape index (κ1) is 13.3. The van der Waals surface area contributed by atoms with Gasteiger partial charge in [-0.05, 0) is 20.3 Å². The second-order valence-electron chi connectivity index (χ2n) is 5.34. The summed E-state index contributed by atoms with van der Waals surface area (Å²) in [6.07, 6.45) is 1.08. The number of anilines is 1. The van der Waals surface area contributed by atoms with Crippen LogP contribution >= 0.6 is 0 Å². The summed E-state index contributed by atoms with van der Waals surface area (Å²) in [6.45, 7) is 9.68. The van der Waals surface area contributed by atoms with Crippen LogP contribution in [0.2, 0.25) is 0 Å².